The van der Waals surface area contributed by atoms with Gasteiger partial charge in [0.1, 0.15) is 10.8 Å². The molecule has 1 heterocycles. The zero-order chi connectivity index (χ0) is 13.3. The minimum absolute atomic E-state index is 0.0251. The third-order valence-corrected chi connectivity index (χ3v) is 4.03. The summed E-state index contributed by atoms with van der Waals surface area (Å²) in [5.74, 6) is 0.881. The van der Waals surface area contributed by atoms with E-state index < -0.39 is 0 Å². The molecule has 1 aromatic heterocycles. The van der Waals surface area contributed by atoms with Crippen molar-refractivity contribution in [1.82, 2.24) is 4.98 Å². The van der Waals surface area contributed by atoms with Gasteiger partial charge in [-0.25, -0.2) is 4.98 Å². The van der Waals surface area contributed by atoms with Crippen LogP contribution in [0.5, 0.6) is 5.75 Å². The SMILES string of the molecule is COc1c(C)c(C)cc(C)c1-c1nc(CO)cs1. The van der Waals surface area contributed by atoms with Gasteiger partial charge in [0.25, 0.3) is 0 Å². The lowest BCUT2D eigenvalue weighted by molar-refractivity contribution is 0.278. The topological polar surface area (TPSA) is 42.4 Å². The van der Waals surface area contributed by atoms with Crippen molar-refractivity contribution in [3.05, 3.63) is 33.8 Å². The Morgan fingerprint density at radius 2 is 2.00 bits per heavy atom. The fraction of sp³-hybridized carbons (Fsp3) is 0.357. The van der Waals surface area contributed by atoms with Gasteiger partial charge in [0.15, 0.2) is 0 Å². The van der Waals surface area contributed by atoms with E-state index in [9.17, 15) is 0 Å². The average Bonchev–Trinajstić information content (AvgIpc) is 2.81. The lowest BCUT2D eigenvalue weighted by Crippen LogP contribution is -1.97. The van der Waals surface area contributed by atoms with E-state index in [2.05, 4.69) is 31.8 Å². The van der Waals surface area contributed by atoms with Gasteiger partial charge in [-0.15, -0.1) is 11.3 Å². The lowest BCUT2D eigenvalue weighted by atomic mass is 9.99. The molecule has 0 saturated carbocycles. The number of ether oxygens (including phenoxy) is 1. The van der Waals surface area contributed by atoms with E-state index in [1.807, 2.05) is 5.38 Å². The number of rotatable bonds is 3. The number of aliphatic hydroxyl groups is 1. The van der Waals surface area contributed by atoms with E-state index in [0.717, 1.165) is 27.4 Å². The molecular formula is C14H17NO2S. The number of methoxy groups -OCH3 is 1. The maximum Gasteiger partial charge on any atom is 0.132 e. The largest absolute Gasteiger partial charge is 0.496 e. The Morgan fingerprint density at radius 1 is 1.28 bits per heavy atom. The Hall–Kier alpha value is -1.39. The second-order valence-electron chi connectivity index (χ2n) is 4.35. The Labute approximate surface area is 111 Å². The van der Waals surface area contributed by atoms with Gasteiger partial charge in [-0.2, -0.15) is 0 Å². The number of aromatic nitrogens is 1. The van der Waals surface area contributed by atoms with Crippen LogP contribution in [0.4, 0.5) is 0 Å². The van der Waals surface area contributed by atoms with Crippen LogP contribution in [-0.4, -0.2) is 17.2 Å². The zero-order valence-electron chi connectivity index (χ0n) is 11.1. The van der Waals surface area contributed by atoms with Crippen LogP contribution < -0.4 is 4.74 Å². The van der Waals surface area contributed by atoms with Crippen LogP contribution in [0, 0.1) is 20.8 Å². The highest BCUT2D eigenvalue weighted by atomic mass is 32.1. The third-order valence-electron chi connectivity index (χ3n) is 3.12. The molecule has 0 aliphatic heterocycles. The number of nitrogens with zero attached hydrogens (tertiary/aromatic N) is 1. The van der Waals surface area contributed by atoms with Crippen LogP contribution in [0.1, 0.15) is 22.4 Å². The first kappa shape index (κ1) is 13.1. The molecule has 1 N–H and O–H groups in total. The molecule has 0 aliphatic carbocycles. The third kappa shape index (κ3) is 2.13. The van der Waals surface area contributed by atoms with Crippen molar-refractivity contribution in [1.29, 1.82) is 0 Å². The van der Waals surface area contributed by atoms with E-state index >= 15 is 0 Å². The zero-order valence-corrected chi connectivity index (χ0v) is 11.9. The quantitative estimate of drug-likeness (QED) is 0.924. The van der Waals surface area contributed by atoms with Crippen molar-refractivity contribution in [2.75, 3.05) is 7.11 Å². The van der Waals surface area contributed by atoms with Crippen molar-refractivity contribution in [3.8, 4) is 16.3 Å². The molecule has 0 amide bonds. The van der Waals surface area contributed by atoms with Crippen LogP contribution in [0.15, 0.2) is 11.4 Å². The normalized spacial score (nSPS) is 10.7. The Balaban J connectivity index is 2.66. The number of thiazole rings is 1. The first-order valence-electron chi connectivity index (χ1n) is 5.79. The van der Waals surface area contributed by atoms with E-state index in [-0.39, 0.29) is 6.61 Å². The molecule has 0 spiro atoms. The number of aryl methyl sites for hydroxylation is 2. The molecule has 0 fully saturated rings. The highest BCUT2D eigenvalue weighted by Gasteiger charge is 2.16. The van der Waals surface area contributed by atoms with Crippen LogP contribution >= 0.6 is 11.3 Å². The molecule has 18 heavy (non-hydrogen) atoms. The summed E-state index contributed by atoms with van der Waals surface area (Å²) < 4.78 is 5.54. The Bertz CT molecular complexity index is 575. The van der Waals surface area contributed by atoms with Gasteiger partial charge in [-0.3, -0.25) is 0 Å². The predicted molar refractivity (Wildman–Crippen MR) is 74.2 cm³/mol. The fourth-order valence-electron chi connectivity index (χ4n) is 2.07. The molecule has 2 aromatic rings. The fourth-order valence-corrected chi connectivity index (χ4v) is 2.98. The maximum absolute atomic E-state index is 9.11. The van der Waals surface area contributed by atoms with E-state index in [4.69, 9.17) is 9.84 Å². The van der Waals surface area contributed by atoms with E-state index in [1.54, 1.807) is 7.11 Å². The summed E-state index contributed by atoms with van der Waals surface area (Å²) in [6.07, 6.45) is 0. The van der Waals surface area contributed by atoms with Gasteiger partial charge >= 0.3 is 0 Å². The number of benzene rings is 1. The average molecular weight is 263 g/mol. The van der Waals surface area contributed by atoms with Gasteiger partial charge in [0, 0.05) is 5.38 Å². The van der Waals surface area contributed by atoms with Gasteiger partial charge in [-0.1, -0.05) is 6.07 Å². The summed E-state index contributed by atoms with van der Waals surface area (Å²) in [6, 6.07) is 2.15. The van der Waals surface area contributed by atoms with Crippen LogP contribution in [0.2, 0.25) is 0 Å². The second-order valence-corrected chi connectivity index (χ2v) is 5.20. The van der Waals surface area contributed by atoms with Gasteiger partial charge in [0.2, 0.25) is 0 Å². The van der Waals surface area contributed by atoms with Crippen LogP contribution in [0.25, 0.3) is 10.6 Å². The highest BCUT2D eigenvalue weighted by Crippen LogP contribution is 2.38. The second kappa shape index (κ2) is 5.08. The van der Waals surface area contributed by atoms with E-state index in [1.165, 1.54) is 16.9 Å². The molecular weight excluding hydrogens is 246 g/mol. The van der Waals surface area contributed by atoms with Crippen molar-refractivity contribution >= 4 is 11.3 Å². The monoisotopic (exact) mass is 263 g/mol. The van der Waals surface area contributed by atoms with E-state index in [0.29, 0.717) is 5.69 Å². The molecule has 4 heteroatoms. The number of hydrogen-bond acceptors (Lipinski definition) is 4. The summed E-state index contributed by atoms with van der Waals surface area (Å²) in [6.45, 7) is 6.17. The standard InChI is InChI=1S/C14H17NO2S/c1-8-5-9(2)12(13(17-4)10(8)3)14-15-11(6-16)7-18-14/h5,7,16H,6H2,1-4H3. The number of aliphatic hydroxyl groups excluding tert-OH is 1. The highest BCUT2D eigenvalue weighted by molar-refractivity contribution is 7.13. The van der Waals surface area contributed by atoms with Crippen LogP contribution in [-0.2, 0) is 6.61 Å². The molecule has 0 bridgehead atoms. The van der Waals surface area contributed by atoms with Gasteiger partial charge < -0.3 is 9.84 Å². The molecule has 1 aromatic carbocycles. The molecule has 0 radical (unpaired) electrons. The first-order valence-corrected chi connectivity index (χ1v) is 6.66. The predicted octanol–water partition coefficient (Wildman–Crippen LogP) is 3.24. The minimum Gasteiger partial charge on any atom is -0.496 e. The molecule has 3 nitrogen and oxygen atoms in total. The molecule has 0 saturated heterocycles. The maximum atomic E-state index is 9.11. The summed E-state index contributed by atoms with van der Waals surface area (Å²) in [7, 11) is 1.69. The first-order chi connectivity index (χ1) is 8.58. The van der Waals surface area contributed by atoms with Crippen LogP contribution in [0.3, 0.4) is 0 Å². The smallest absolute Gasteiger partial charge is 0.132 e. The molecule has 0 aliphatic rings. The summed E-state index contributed by atoms with van der Waals surface area (Å²) in [4.78, 5) is 4.43. The molecule has 2 rings (SSSR count). The van der Waals surface area contributed by atoms with Crippen molar-refractivity contribution in [3.63, 3.8) is 0 Å². The van der Waals surface area contributed by atoms with Gasteiger partial charge in [0.05, 0.1) is 25.0 Å². The molecule has 96 valence electrons. The molecule has 0 atom stereocenters. The Kier molecular flexibility index (Phi) is 3.68. The van der Waals surface area contributed by atoms with Crippen molar-refractivity contribution in [2.24, 2.45) is 0 Å². The van der Waals surface area contributed by atoms with Crippen molar-refractivity contribution < 1.29 is 9.84 Å². The summed E-state index contributed by atoms with van der Waals surface area (Å²) in [5, 5.41) is 11.9. The molecule has 0 unspecified atom stereocenters. The summed E-state index contributed by atoms with van der Waals surface area (Å²) >= 11 is 1.53. The van der Waals surface area contributed by atoms with Crippen molar-refractivity contribution in [2.45, 2.75) is 27.4 Å². The minimum atomic E-state index is -0.0251. The lowest BCUT2D eigenvalue weighted by Gasteiger charge is -2.14. The number of hydrogen-bond donors (Lipinski definition) is 1. The summed E-state index contributed by atoms with van der Waals surface area (Å²) in [5.41, 5.74) is 5.24. The van der Waals surface area contributed by atoms with Gasteiger partial charge in [-0.05, 0) is 37.5 Å². The Morgan fingerprint density at radius 3 is 2.56 bits per heavy atom.